The first kappa shape index (κ1) is 18.7. The Kier molecular flexibility index (Phi) is 4.54. The second-order valence-corrected chi connectivity index (χ2v) is 6.33. The normalized spacial score (nSPS) is 11.2. The molecule has 4 nitrogen and oxygen atoms in total. The van der Waals surface area contributed by atoms with Crippen molar-refractivity contribution in [3.05, 3.63) is 89.0 Å². The van der Waals surface area contributed by atoms with Gasteiger partial charge in [0, 0.05) is 5.56 Å². The minimum atomic E-state index is -1.23. The molecule has 0 aliphatic rings. The standard InChI is InChI=1S/C21H12F4N2O2/c22-13-3-1-4-14(23)12(13)10-27-18-9-11(21(28)29)7-8-17(18)26-20(27)19-15(24)5-2-6-16(19)25/h1-9H,10H2,(H,28,29). The summed E-state index contributed by atoms with van der Waals surface area (Å²) < 4.78 is 58.5. The summed E-state index contributed by atoms with van der Waals surface area (Å²) in [6.07, 6.45) is 0. The minimum absolute atomic E-state index is 0.104. The van der Waals surface area contributed by atoms with Crippen LogP contribution in [0.1, 0.15) is 15.9 Å². The number of aromatic nitrogens is 2. The Morgan fingerprint density at radius 1 is 0.897 bits per heavy atom. The predicted molar refractivity (Wildman–Crippen MR) is 97.5 cm³/mol. The molecular formula is C21H12F4N2O2. The highest BCUT2D eigenvalue weighted by molar-refractivity contribution is 5.93. The van der Waals surface area contributed by atoms with E-state index in [4.69, 9.17) is 0 Å². The molecule has 0 atom stereocenters. The molecular weight excluding hydrogens is 388 g/mol. The number of fused-ring (bicyclic) bond motifs is 1. The molecule has 146 valence electrons. The van der Waals surface area contributed by atoms with Crippen molar-refractivity contribution in [2.75, 3.05) is 0 Å². The van der Waals surface area contributed by atoms with Crippen molar-refractivity contribution in [2.24, 2.45) is 0 Å². The molecule has 4 rings (SSSR count). The summed E-state index contributed by atoms with van der Waals surface area (Å²) in [6, 6.07) is 10.5. The fourth-order valence-electron chi connectivity index (χ4n) is 3.16. The van der Waals surface area contributed by atoms with Gasteiger partial charge < -0.3 is 9.67 Å². The third-order valence-corrected chi connectivity index (χ3v) is 4.56. The van der Waals surface area contributed by atoms with Crippen molar-refractivity contribution in [1.29, 1.82) is 0 Å². The first-order chi connectivity index (χ1) is 13.9. The fourth-order valence-corrected chi connectivity index (χ4v) is 3.16. The molecule has 0 fully saturated rings. The summed E-state index contributed by atoms with van der Waals surface area (Å²) in [5, 5.41) is 9.26. The number of imidazole rings is 1. The van der Waals surface area contributed by atoms with Crippen LogP contribution in [0.5, 0.6) is 0 Å². The number of carboxylic acids is 1. The number of carboxylic acid groups (broad SMARTS) is 1. The second-order valence-electron chi connectivity index (χ2n) is 6.33. The first-order valence-electron chi connectivity index (χ1n) is 8.47. The molecule has 0 aliphatic carbocycles. The summed E-state index contributed by atoms with van der Waals surface area (Å²) in [5.74, 6) is -4.94. The van der Waals surface area contributed by atoms with E-state index in [0.717, 1.165) is 24.3 Å². The number of rotatable bonds is 4. The van der Waals surface area contributed by atoms with Gasteiger partial charge in [-0.15, -0.1) is 0 Å². The van der Waals surface area contributed by atoms with Gasteiger partial charge in [0.1, 0.15) is 29.1 Å². The van der Waals surface area contributed by atoms with Crippen molar-refractivity contribution in [3.63, 3.8) is 0 Å². The van der Waals surface area contributed by atoms with Crippen LogP contribution in [0.4, 0.5) is 17.6 Å². The number of hydrogen-bond donors (Lipinski definition) is 1. The lowest BCUT2D eigenvalue weighted by Gasteiger charge is -2.12. The molecule has 3 aromatic carbocycles. The Labute approximate surface area is 161 Å². The average Bonchev–Trinajstić information content (AvgIpc) is 3.02. The number of halogens is 4. The van der Waals surface area contributed by atoms with Crippen molar-refractivity contribution < 1.29 is 27.5 Å². The van der Waals surface area contributed by atoms with Crippen LogP contribution in [0.25, 0.3) is 22.4 Å². The lowest BCUT2D eigenvalue weighted by Crippen LogP contribution is -2.08. The van der Waals surface area contributed by atoms with Gasteiger partial charge in [0.25, 0.3) is 0 Å². The Bertz CT molecular complexity index is 1230. The molecule has 8 heteroatoms. The van der Waals surface area contributed by atoms with E-state index >= 15 is 0 Å². The van der Waals surface area contributed by atoms with E-state index in [2.05, 4.69) is 4.98 Å². The van der Waals surface area contributed by atoms with E-state index in [1.54, 1.807) is 0 Å². The van der Waals surface area contributed by atoms with Crippen LogP contribution in [-0.2, 0) is 6.54 Å². The molecule has 0 aliphatic heterocycles. The fraction of sp³-hybridized carbons (Fsp3) is 0.0476. The maximum Gasteiger partial charge on any atom is 0.335 e. The highest BCUT2D eigenvalue weighted by Crippen LogP contribution is 2.31. The van der Waals surface area contributed by atoms with Crippen LogP contribution in [0.3, 0.4) is 0 Å². The third-order valence-electron chi connectivity index (χ3n) is 4.56. The van der Waals surface area contributed by atoms with Crippen molar-refractivity contribution >= 4 is 17.0 Å². The Morgan fingerprint density at radius 2 is 1.48 bits per heavy atom. The van der Waals surface area contributed by atoms with Crippen LogP contribution in [0.15, 0.2) is 54.6 Å². The zero-order chi connectivity index (χ0) is 20.7. The second kappa shape index (κ2) is 7.05. The van der Waals surface area contributed by atoms with Gasteiger partial charge in [0.2, 0.25) is 0 Å². The largest absolute Gasteiger partial charge is 0.478 e. The van der Waals surface area contributed by atoms with E-state index in [1.165, 1.54) is 34.9 Å². The quantitative estimate of drug-likeness (QED) is 0.490. The van der Waals surface area contributed by atoms with Gasteiger partial charge in [0.15, 0.2) is 0 Å². The summed E-state index contributed by atoms with van der Waals surface area (Å²) in [7, 11) is 0. The first-order valence-corrected chi connectivity index (χ1v) is 8.47. The average molecular weight is 400 g/mol. The summed E-state index contributed by atoms with van der Waals surface area (Å²) in [4.78, 5) is 15.5. The highest BCUT2D eigenvalue weighted by atomic mass is 19.1. The molecule has 1 aromatic heterocycles. The van der Waals surface area contributed by atoms with E-state index in [-0.39, 0.29) is 28.0 Å². The molecule has 0 amide bonds. The SMILES string of the molecule is O=C(O)c1ccc2nc(-c3c(F)cccc3F)n(Cc3c(F)cccc3F)c2c1. The van der Waals surface area contributed by atoms with Crippen LogP contribution < -0.4 is 0 Å². The molecule has 1 heterocycles. The molecule has 29 heavy (non-hydrogen) atoms. The number of aromatic carboxylic acids is 1. The Hall–Kier alpha value is -3.68. The van der Waals surface area contributed by atoms with Crippen LogP contribution in [0, 0.1) is 23.3 Å². The zero-order valence-electron chi connectivity index (χ0n) is 14.7. The zero-order valence-corrected chi connectivity index (χ0v) is 14.7. The molecule has 1 N–H and O–H groups in total. The van der Waals surface area contributed by atoms with E-state index < -0.39 is 41.3 Å². The highest BCUT2D eigenvalue weighted by Gasteiger charge is 2.22. The summed E-state index contributed by atoms with van der Waals surface area (Å²) >= 11 is 0. The minimum Gasteiger partial charge on any atom is -0.478 e. The van der Waals surface area contributed by atoms with Gasteiger partial charge in [-0.25, -0.2) is 27.3 Å². The molecule has 0 spiro atoms. The number of hydrogen-bond acceptors (Lipinski definition) is 2. The van der Waals surface area contributed by atoms with E-state index in [9.17, 15) is 27.5 Å². The van der Waals surface area contributed by atoms with Gasteiger partial charge in [0.05, 0.1) is 28.7 Å². The maximum absolute atomic E-state index is 14.4. The van der Waals surface area contributed by atoms with Gasteiger partial charge in [-0.05, 0) is 42.5 Å². The molecule has 0 radical (unpaired) electrons. The molecule has 0 saturated heterocycles. The number of nitrogens with zero attached hydrogens (tertiary/aromatic N) is 2. The topological polar surface area (TPSA) is 55.1 Å². The van der Waals surface area contributed by atoms with Crippen LogP contribution >= 0.6 is 0 Å². The smallest absolute Gasteiger partial charge is 0.335 e. The van der Waals surface area contributed by atoms with Crippen molar-refractivity contribution in [3.8, 4) is 11.4 Å². The van der Waals surface area contributed by atoms with Crippen molar-refractivity contribution in [2.45, 2.75) is 6.54 Å². The Balaban J connectivity index is 2.03. The lowest BCUT2D eigenvalue weighted by atomic mass is 10.1. The monoisotopic (exact) mass is 400 g/mol. The molecule has 4 aromatic rings. The Morgan fingerprint density at radius 3 is 2.07 bits per heavy atom. The third kappa shape index (κ3) is 3.22. The maximum atomic E-state index is 14.4. The van der Waals surface area contributed by atoms with E-state index in [0.29, 0.717) is 0 Å². The van der Waals surface area contributed by atoms with E-state index in [1.807, 2.05) is 0 Å². The molecule has 0 saturated carbocycles. The van der Waals surface area contributed by atoms with Gasteiger partial charge >= 0.3 is 5.97 Å². The van der Waals surface area contributed by atoms with Crippen molar-refractivity contribution in [1.82, 2.24) is 9.55 Å². The number of benzene rings is 3. The molecule has 0 bridgehead atoms. The summed E-state index contributed by atoms with van der Waals surface area (Å²) in [5.41, 5.74) is -0.523. The van der Waals surface area contributed by atoms with Crippen LogP contribution in [0.2, 0.25) is 0 Å². The number of carbonyl (C=O) groups is 1. The van der Waals surface area contributed by atoms with Gasteiger partial charge in [-0.1, -0.05) is 12.1 Å². The lowest BCUT2D eigenvalue weighted by molar-refractivity contribution is 0.0697. The van der Waals surface area contributed by atoms with Gasteiger partial charge in [-0.3, -0.25) is 0 Å². The predicted octanol–water partition coefficient (Wildman–Crippen LogP) is 5.01. The van der Waals surface area contributed by atoms with Crippen LogP contribution in [-0.4, -0.2) is 20.6 Å². The van der Waals surface area contributed by atoms with Gasteiger partial charge in [-0.2, -0.15) is 0 Å². The molecule has 0 unspecified atom stereocenters. The summed E-state index contributed by atoms with van der Waals surface area (Å²) in [6.45, 7) is -0.443.